The largest absolute Gasteiger partial charge is 0.425 e. The zero-order valence-electron chi connectivity index (χ0n) is 15.8. The van der Waals surface area contributed by atoms with Crippen LogP contribution in [-0.4, -0.2) is 26.6 Å². The van der Waals surface area contributed by atoms with Crippen molar-refractivity contribution in [2.45, 2.75) is 20.4 Å². The number of aryl methyl sites for hydroxylation is 1. The lowest BCUT2D eigenvalue weighted by Crippen LogP contribution is -2.18. The van der Waals surface area contributed by atoms with Crippen molar-refractivity contribution in [2.75, 3.05) is 5.32 Å². The molecule has 0 aliphatic heterocycles. The van der Waals surface area contributed by atoms with Crippen molar-refractivity contribution < 1.29 is 19.2 Å². The number of carbonyl (C=O) groups excluding carboxylic acids is 2. The Hall–Kier alpha value is -4.01. The van der Waals surface area contributed by atoms with Gasteiger partial charge in [-0.1, -0.05) is 18.2 Å². The second-order valence-electron chi connectivity index (χ2n) is 6.25. The molecule has 3 rings (SSSR count). The molecule has 3 aromatic rings. The maximum Gasteiger partial charge on any atom is 0.333 e. The summed E-state index contributed by atoms with van der Waals surface area (Å²) in [6.07, 6.45) is 0. The Morgan fingerprint density at radius 1 is 1.10 bits per heavy atom. The first kappa shape index (κ1) is 19.7. The van der Waals surface area contributed by atoms with E-state index < -0.39 is 10.9 Å². The van der Waals surface area contributed by atoms with Gasteiger partial charge >= 0.3 is 11.7 Å². The monoisotopic (exact) mass is 394 g/mol. The van der Waals surface area contributed by atoms with Crippen molar-refractivity contribution in [1.29, 1.82) is 0 Å². The third-order valence-electron chi connectivity index (χ3n) is 4.18. The Morgan fingerprint density at radius 3 is 2.34 bits per heavy atom. The van der Waals surface area contributed by atoms with Crippen LogP contribution in [0.3, 0.4) is 0 Å². The normalized spacial score (nSPS) is 10.4. The summed E-state index contributed by atoms with van der Waals surface area (Å²) in [6.45, 7) is 2.78. The predicted octanol–water partition coefficient (Wildman–Crippen LogP) is 3.27. The second-order valence-corrected chi connectivity index (χ2v) is 6.25. The predicted molar refractivity (Wildman–Crippen MR) is 105 cm³/mol. The van der Waals surface area contributed by atoms with E-state index in [-0.39, 0.29) is 35.3 Å². The number of nitrogens with one attached hydrogen (secondary N) is 1. The SMILES string of the molecule is Cc1nn(CC(=O)Oc2ccc(NC(=O)c3ccccc3)cc2)c(C)c1[N+](=O)[O-]. The molecule has 0 aliphatic carbocycles. The highest BCUT2D eigenvalue weighted by molar-refractivity contribution is 6.04. The molecule has 0 atom stereocenters. The third-order valence-corrected chi connectivity index (χ3v) is 4.18. The number of carbonyl (C=O) groups is 2. The van der Waals surface area contributed by atoms with Crippen molar-refractivity contribution in [2.24, 2.45) is 0 Å². The van der Waals surface area contributed by atoms with Gasteiger partial charge in [0, 0.05) is 11.3 Å². The molecule has 1 amide bonds. The smallest absolute Gasteiger partial charge is 0.333 e. The molecule has 1 aromatic heterocycles. The van der Waals surface area contributed by atoms with E-state index in [0.29, 0.717) is 11.3 Å². The van der Waals surface area contributed by atoms with Gasteiger partial charge in [0.25, 0.3) is 5.91 Å². The van der Waals surface area contributed by atoms with E-state index in [4.69, 9.17) is 4.74 Å². The maximum absolute atomic E-state index is 12.1. The molecule has 1 heterocycles. The van der Waals surface area contributed by atoms with Gasteiger partial charge in [-0.2, -0.15) is 5.10 Å². The molecular formula is C20H18N4O5. The van der Waals surface area contributed by atoms with Crippen molar-refractivity contribution in [3.8, 4) is 5.75 Å². The van der Waals surface area contributed by atoms with Crippen LogP contribution in [0.5, 0.6) is 5.75 Å². The molecule has 0 spiro atoms. The maximum atomic E-state index is 12.1. The summed E-state index contributed by atoms with van der Waals surface area (Å²) in [5.74, 6) is -0.586. The Balaban J connectivity index is 1.61. The number of hydrogen-bond donors (Lipinski definition) is 1. The van der Waals surface area contributed by atoms with E-state index in [0.717, 1.165) is 0 Å². The number of hydrogen-bond acceptors (Lipinski definition) is 6. The third kappa shape index (κ3) is 4.64. The summed E-state index contributed by atoms with van der Waals surface area (Å²) >= 11 is 0. The lowest BCUT2D eigenvalue weighted by atomic mass is 10.2. The molecule has 9 nitrogen and oxygen atoms in total. The summed E-state index contributed by atoms with van der Waals surface area (Å²) in [5, 5.41) is 17.8. The van der Waals surface area contributed by atoms with Gasteiger partial charge in [0.05, 0.1) is 4.92 Å². The average molecular weight is 394 g/mol. The topological polar surface area (TPSA) is 116 Å². The summed E-state index contributed by atoms with van der Waals surface area (Å²) < 4.78 is 6.49. The second kappa shape index (κ2) is 8.34. The van der Waals surface area contributed by atoms with Gasteiger partial charge in [-0.25, -0.2) is 4.79 Å². The minimum atomic E-state index is -0.619. The van der Waals surface area contributed by atoms with Gasteiger partial charge in [0.15, 0.2) is 0 Å². The van der Waals surface area contributed by atoms with Crippen LogP contribution in [-0.2, 0) is 11.3 Å². The first-order valence-electron chi connectivity index (χ1n) is 8.70. The van der Waals surface area contributed by atoms with E-state index in [2.05, 4.69) is 10.4 Å². The quantitative estimate of drug-likeness (QED) is 0.297. The Kier molecular flexibility index (Phi) is 5.68. The molecule has 0 fully saturated rings. The fourth-order valence-electron chi connectivity index (χ4n) is 2.79. The first-order valence-corrected chi connectivity index (χ1v) is 8.70. The van der Waals surface area contributed by atoms with Crippen molar-refractivity contribution in [1.82, 2.24) is 9.78 Å². The van der Waals surface area contributed by atoms with E-state index in [9.17, 15) is 19.7 Å². The van der Waals surface area contributed by atoms with Crippen LogP contribution in [0.15, 0.2) is 54.6 Å². The first-order chi connectivity index (χ1) is 13.8. The number of aromatic nitrogens is 2. The number of anilines is 1. The molecule has 0 radical (unpaired) electrons. The van der Waals surface area contributed by atoms with Crippen LogP contribution in [0.1, 0.15) is 21.7 Å². The number of nitrogens with zero attached hydrogens (tertiary/aromatic N) is 3. The highest BCUT2D eigenvalue weighted by atomic mass is 16.6. The number of amides is 1. The zero-order chi connectivity index (χ0) is 21.0. The number of ether oxygens (including phenoxy) is 1. The van der Waals surface area contributed by atoms with Gasteiger partial charge < -0.3 is 10.1 Å². The van der Waals surface area contributed by atoms with Crippen molar-refractivity contribution in [3.05, 3.63) is 81.7 Å². The highest BCUT2D eigenvalue weighted by Gasteiger charge is 2.23. The van der Waals surface area contributed by atoms with Gasteiger partial charge in [-0.15, -0.1) is 0 Å². The minimum absolute atomic E-state index is 0.115. The molecule has 0 aliphatic rings. The number of nitro groups is 1. The molecule has 2 aromatic carbocycles. The van der Waals surface area contributed by atoms with Crippen molar-refractivity contribution in [3.63, 3.8) is 0 Å². The fourth-order valence-corrected chi connectivity index (χ4v) is 2.79. The molecule has 29 heavy (non-hydrogen) atoms. The van der Waals surface area contributed by atoms with E-state index in [1.807, 2.05) is 6.07 Å². The Bertz CT molecular complexity index is 1060. The molecule has 1 N–H and O–H groups in total. The summed E-state index contributed by atoms with van der Waals surface area (Å²) in [5.41, 5.74) is 1.48. The van der Waals surface area contributed by atoms with Crippen LogP contribution >= 0.6 is 0 Å². The highest BCUT2D eigenvalue weighted by Crippen LogP contribution is 2.22. The van der Waals surface area contributed by atoms with Crippen molar-refractivity contribution >= 4 is 23.3 Å². The zero-order valence-corrected chi connectivity index (χ0v) is 15.8. The number of rotatable bonds is 6. The lowest BCUT2D eigenvalue weighted by Gasteiger charge is -2.08. The van der Waals surface area contributed by atoms with Crippen LogP contribution in [0.25, 0.3) is 0 Å². The standard InChI is InChI=1S/C20H18N4O5/c1-13-19(24(27)28)14(2)23(22-13)12-18(25)29-17-10-8-16(9-11-17)21-20(26)15-6-4-3-5-7-15/h3-11H,12H2,1-2H3,(H,21,26). The molecule has 148 valence electrons. The minimum Gasteiger partial charge on any atom is -0.425 e. The number of benzene rings is 2. The van der Waals surface area contributed by atoms with E-state index in [1.165, 1.54) is 18.5 Å². The molecule has 0 saturated carbocycles. The molecule has 0 bridgehead atoms. The Labute approximate surface area is 166 Å². The van der Waals surface area contributed by atoms with Crippen LogP contribution in [0.2, 0.25) is 0 Å². The summed E-state index contributed by atoms with van der Waals surface area (Å²) in [7, 11) is 0. The van der Waals surface area contributed by atoms with E-state index >= 15 is 0 Å². The average Bonchev–Trinajstić information content (AvgIpc) is 2.97. The summed E-state index contributed by atoms with van der Waals surface area (Å²) in [6, 6.07) is 15.1. The van der Waals surface area contributed by atoms with Gasteiger partial charge in [-0.3, -0.25) is 19.6 Å². The van der Waals surface area contributed by atoms with Gasteiger partial charge in [0.1, 0.15) is 23.7 Å². The Morgan fingerprint density at radius 2 is 1.76 bits per heavy atom. The lowest BCUT2D eigenvalue weighted by molar-refractivity contribution is -0.386. The molecule has 0 unspecified atom stereocenters. The number of esters is 1. The van der Waals surface area contributed by atoms with E-state index in [1.54, 1.807) is 48.5 Å². The van der Waals surface area contributed by atoms with Gasteiger partial charge in [0.2, 0.25) is 0 Å². The van der Waals surface area contributed by atoms with Crippen LogP contribution in [0, 0.1) is 24.0 Å². The van der Waals surface area contributed by atoms with Crippen LogP contribution < -0.4 is 10.1 Å². The molecule has 9 heteroatoms. The van der Waals surface area contributed by atoms with Gasteiger partial charge in [-0.05, 0) is 50.2 Å². The van der Waals surface area contributed by atoms with Crippen LogP contribution in [0.4, 0.5) is 11.4 Å². The summed E-state index contributed by atoms with van der Waals surface area (Å²) in [4.78, 5) is 34.8. The fraction of sp³-hybridized carbons (Fsp3) is 0.150. The molecular weight excluding hydrogens is 376 g/mol. The molecule has 0 saturated heterocycles.